The van der Waals surface area contributed by atoms with E-state index in [2.05, 4.69) is 5.32 Å². The van der Waals surface area contributed by atoms with Gasteiger partial charge < -0.3 is 10.1 Å². The number of sulfonamides is 1. The molecule has 33 heavy (non-hydrogen) atoms. The second kappa shape index (κ2) is 11.0. The first kappa shape index (κ1) is 25.1. The molecule has 0 radical (unpaired) electrons. The summed E-state index contributed by atoms with van der Waals surface area (Å²) in [6.07, 6.45) is 0. The summed E-state index contributed by atoms with van der Waals surface area (Å²) in [6.45, 7) is 1.41. The van der Waals surface area contributed by atoms with Crippen LogP contribution in [0.3, 0.4) is 0 Å². The number of hydrogen-bond donors (Lipinski definition) is 1. The van der Waals surface area contributed by atoms with Crippen LogP contribution >= 0.6 is 23.2 Å². The summed E-state index contributed by atoms with van der Waals surface area (Å²) in [6, 6.07) is 19.6. The van der Waals surface area contributed by atoms with Gasteiger partial charge in [0.25, 0.3) is 0 Å². The topological polar surface area (TPSA) is 75.7 Å². The molecule has 1 N–H and O–H groups in total. The maximum atomic E-state index is 13.4. The van der Waals surface area contributed by atoms with Gasteiger partial charge in [0.15, 0.2) is 0 Å². The smallest absolute Gasteiger partial charge is 0.243 e. The van der Waals surface area contributed by atoms with E-state index in [-0.39, 0.29) is 24.0 Å². The molecule has 0 unspecified atom stereocenters. The van der Waals surface area contributed by atoms with Crippen molar-refractivity contribution in [2.24, 2.45) is 0 Å². The number of methoxy groups -OCH3 is 1. The first-order valence-electron chi connectivity index (χ1n) is 10.1. The quantitative estimate of drug-likeness (QED) is 0.439. The van der Waals surface area contributed by atoms with Crippen molar-refractivity contribution in [2.45, 2.75) is 24.4 Å². The Balaban J connectivity index is 1.85. The molecule has 0 heterocycles. The highest BCUT2D eigenvalue weighted by Gasteiger charge is 2.28. The third-order valence-corrected chi connectivity index (χ3v) is 7.30. The SMILES string of the molecule is COc1ccccc1[C@H](C)NC(=O)CN(Cc1cccc(Cl)c1)S(=O)(=O)c1ccc(Cl)cc1. The summed E-state index contributed by atoms with van der Waals surface area (Å²) in [4.78, 5) is 13.0. The van der Waals surface area contributed by atoms with E-state index in [9.17, 15) is 13.2 Å². The van der Waals surface area contributed by atoms with Crippen molar-refractivity contribution < 1.29 is 17.9 Å². The number of amides is 1. The van der Waals surface area contributed by atoms with Gasteiger partial charge in [0.1, 0.15) is 5.75 Å². The van der Waals surface area contributed by atoms with E-state index in [0.29, 0.717) is 21.4 Å². The van der Waals surface area contributed by atoms with Crippen molar-refractivity contribution in [1.29, 1.82) is 0 Å². The molecule has 6 nitrogen and oxygen atoms in total. The molecule has 3 aromatic carbocycles. The first-order valence-corrected chi connectivity index (χ1v) is 12.3. The van der Waals surface area contributed by atoms with Crippen LogP contribution < -0.4 is 10.1 Å². The van der Waals surface area contributed by atoms with Gasteiger partial charge >= 0.3 is 0 Å². The standard InChI is InChI=1S/C24H24Cl2N2O4S/c1-17(22-8-3-4-9-23(22)32-2)27-24(29)16-28(15-18-6-5-7-20(26)14-18)33(30,31)21-12-10-19(25)11-13-21/h3-14,17H,15-16H2,1-2H3,(H,27,29)/t17-/m0/s1. The Hall–Kier alpha value is -2.58. The summed E-state index contributed by atoms with van der Waals surface area (Å²) < 4.78 is 33.2. The Bertz CT molecular complexity index is 1220. The van der Waals surface area contributed by atoms with Gasteiger partial charge in [-0.2, -0.15) is 4.31 Å². The zero-order valence-corrected chi connectivity index (χ0v) is 20.5. The number of carbonyl (C=O) groups excluding carboxylic acids is 1. The second-order valence-corrected chi connectivity index (χ2v) is 10.2. The van der Waals surface area contributed by atoms with Gasteiger partial charge in [-0.15, -0.1) is 0 Å². The van der Waals surface area contributed by atoms with Gasteiger partial charge in [0, 0.05) is 22.2 Å². The maximum absolute atomic E-state index is 13.4. The molecule has 0 saturated carbocycles. The number of benzene rings is 3. The van der Waals surface area contributed by atoms with E-state index in [0.717, 1.165) is 9.87 Å². The highest BCUT2D eigenvalue weighted by Crippen LogP contribution is 2.25. The van der Waals surface area contributed by atoms with E-state index >= 15 is 0 Å². The molecule has 3 aromatic rings. The molecule has 1 atom stereocenters. The van der Waals surface area contributed by atoms with Crippen LogP contribution in [0.25, 0.3) is 0 Å². The fraction of sp³-hybridized carbons (Fsp3) is 0.208. The number of nitrogens with one attached hydrogen (secondary N) is 1. The molecule has 0 aliphatic carbocycles. The van der Waals surface area contributed by atoms with Crippen LogP contribution in [0.1, 0.15) is 24.1 Å². The van der Waals surface area contributed by atoms with Crippen LogP contribution in [-0.4, -0.2) is 32.3 Å². The molecule has 1 amide bonds. The fourth-order valence-corrected chi connectivity index (χ4v) is 5.09. The van der Waals surface area contributed by atoms with Crippen LogP contribution in [0.2, 0.25) is 10.0 Å². The molecule has 0 spiro atoms. The van der Waals surface area contributed by atoms with Crippen LogP contribution in [0.4, 0.5) is 0 Å². The van der Waals surface area contributed by atoms with Gasteiger partial charge in [-0.25, -0.2) is 8.42 Å². The van der Waals surface area contributed by atoms with Crippen LogP contribution in [0.5, 0.6) is 5.75 Å². The number of rotatable bonds is 9. The van der Waals surface area contributed by atoms with Gasteiger partial charge in [-0.05, 0) is 55.0 Å². The molecule has 0 aliphatic heterocycles. The average Bonchev–Trinajstić information content (AvgIpc) is 2.79. The van der Waals surface area contributed by atoms with E-state index < -0.39 is 15.9 Å². The lowest BCUT2D eigenvalue weighted by Crippen LogP contribution is -2.41. The number of ether oxygens (including phenoxy) is 1. The summed E-state index contributed by atoms with van der Waals surface area (Å²) in [5, 5.41) is 3.75. The predicted molar refractivity (Wildman–Crippen MR) is 130 cm³/mol. The number of halogens is 2. The Morgan fingerprint density at radius 2 is 1.70 bits per heavy atom. The van der Waals surface area contributed by atoms with Crippen molar-refractivity contribution in [1.82, 2.24) is 9.62 Å². The normalized spacial score (nSPS) is 12.4. The lowest BCUT2D eigenvalue weighted by Gasteiger charge is -2.24. The minimum Gasteiger partial charge on any atom is -0.496 e. The van der Waals surface area contributed by atoms with Gasteiger partial charge in [0.05, 0.1) is 24.6 Å². The number of hydrogen-bond acceptors (Lipinski definition) is 4. The van der Waals surface area contributed by atoms with Crippen LogP contribution in [-0.2, 0) is 21.4 Å². The van der Waals surface area contributed by atoms with Gasteiger partial charge in [0.2, 0.25) is 15.9 Å². The Kier molecular flexibility index (Phi) is 8.37. The number of carbonyl (C=O) groups is 1. The lowest BCUT2D eigenvalue weighted by molar-refractivity contribution is -0.122. The van der Waals surface area contributed by atoms with E-state index in [1.165, 1.54) is 24.3 Å². The van der Waals surface area contributed by atoms with Crippen molar-refractivity contribution in [3.05, 3.63) is 94.0 Å². The molecular weight excluding hydrogens is 483 g/mol. The van der Waals surface area contributed by atoms with Crippen molar-refractivity contribution in [2.75, 3.05) is 13.7 Å². The van der Waals surface area contributed by atoms with Crippen molar-refractivity contribution >= 4 is 39.1 Å². The fourth-order valence-electron chi connectivity index (χ4n) is 3.37. The second-order valence-electron chi connectivity index (χ2n) is 7.39. The Morgan fingerprint density at radius 3 is 2.36 bits per heavy atom. The van der Waals surface area contributed by atoms with Crippen LogP contribution in [0.15, 0.2) is 77.7 Å². The average molecular weight is 507 g/mol. The monoisotopic (exact) mass is 506 g/mol. The molecule has 0 aliphatic rings. The molecule has 174 valence electrons. The predicted octanol–water partition coefficient (Wildman–Crippen LogP) is 5.07. The maximum Gasteiger partial charge on any atom is 0.243 e. The Morgan fingerprint density at radius 1 is 1.00 bits per heavy atom. The lowest BCUT2D eigenvalue weighted by atomic mass is 10.1. The summed E-state index contributed by atoms with van der Waals surface area (Å²) in [7, 11) is -2.44. The highest BCUT2D eigenvalue weighted by molar-refractivity contribution is 7.89. The third-order valence-electron chi connectivity index (χ3n) is 5.00. The summed E-state index contributed by atoms with van der Waals surface area (Å²) >= 11 is 12.0. The molecule has 0 aromatic heterocycles. The Labute approximate surface area is 204 Å². The first-order chi connectivity index (χ1) is 15.7. The van der Waals surface area contributed by atoms with Crippen molar-refractivity contribution in [3.8, 4) is 5.75 Å². The van der Waals surface area contributed by atoms with E-state index in [1.54, 1.807) is 37.4 Å². The zero-order chi connectivity index (χ0) is 24.0. The largest absolute Gasteiger partial charge is 0.496 e. The van der Waals surface area contributed by atoms with Crippen molar-refractivity contribution in [3.63, 3.8) is 0 Å². The summed E-state index contributed by atoms with van der Waals surface area (Å²) in [5.74, 6) is 0.183. The third kappa shape index (κ3) is 6.48. The number of para-hydroxylation sites is 1. The molecule has 0 bridgehead atoms. The molecular formula is C24H24Cl2N2O4S. The zero-order valence-electron chi connectivity index (χ0n) is 18.2. The summed E-state index contributed by atoms with van der Waals surface area (Å²) in [5.41, 5.74) is 1.45. The minimum atomic E-state index is -3.99. The molecule has 0 saturated heterocycles. The minimum absolute atomic E-state index is 0.0258. The van der Waals surface area contributed by atoms with Gasteiger partial charge in [-0.3, -0.25) is 4.79 Å². The molecule has 9 heteroatoms. The van der Waals surface area contributed by atoms with Gasteiger partial charge in [-0.1, -0.05) is 53.5 Å². The molecule has 3 rings (SSSR count). The van der Waals surface area contributed by atoms with E-state index in [1.807, 2.05) is 25.1 Å². The molecule has 0 fully saturated rings. The highest BCUT2D eigenvalue weighted by atomic mass is 35.5. The van der Waals surface area contributed by atoms with E-state index in [4.69, 9.17) is 27.9 Å². The van der Waals surface area contributed by atoms with Crippen LogP contribution in [0, 0.1) is 0 Å². The number of nitrogens with zero attached hydrogens (tertiary/aromatic N) is 1.